The molecule has 0 saturated carbocycles. The molecule has 0 heterocycles. The fourth-order valence-corrected chi connectivity index (χ4v) is 1.69. The van der Waals surface area contributed by atoms with Crippen molar-refractivity contribution >= 4 is 23.2 Å². The first-order valence-corrected chi connectivity index (χ1v) is 6.94. The Morgan fingerprint density at radius 2 is 2.11 bits per heavy atom. The van der Waals surface area contributed by atoms with Crippen LogP contribution in [0.15, 0.2) is 24.3 Å². The van der Waals surface area contributed by atoms with Crippen molar-refractivity contribution in [2.75, 3.05) is 31.6 Å². The molecule has 0 unspecified atom stereocenters. The summed E-state index contributed by atoms with van der Waals surface area (Å²) in [5.74, 6) is -0.0948. The summed E-state index contributed by atoms with van der Waals surface area (Å²) in [4.78, 5) is 11.6. The zero-order valence-corrected chi connectivity index (χ0v) is 12.0. The molecule has 0 atom stereocenters. The first-order valence-electron chi connectivity index (χ1n) is 6.57. The molecule has 0 saturated heterocycles. The molecule has 1 amide bonds. The van der Waals surface area contributed by atoms with E-state index in [0.29, 0.717) is 10.7 Å². The number of benzene rings is 1. The lowest BCUT2D eigenvalue weighted by molar-refractivity contribution is -0.115. The van der Waals surface area contributed by atoms with Crippen LogP contribution in [0.2, 0.25) is 5.02 Å². The number of hydrogen-bond acceptors (Lipinski definition) is 3. The molecule has 0 aliphatic rings. The van der Waals surface area contributed by atoms with Crippen molar-refractivity contribution in [2.45, 2.75) is 19.8 Å². The number of ether oxygens (including phenoxy) is 1. The first kappa shape index (κ1) is 16.0. The van der Waals surface area contributed by atoms with Crippen LogP contribution >= 0.6 is 11.6 Å². The molecule has 0 aliphatic heterocycles. The zero-order valence-electron chi connectivity index (χ0n) is 11.2. The fraction of sp³-hybridized carbons (Fsp3) is 0.500. The van der Waals surface area contributed by atoms with Gasteiger partial charge in [0.15, 0.2) is 0 Å². The minimum atomic E-state index is -0.0948. The monoisotopic (exact) mass is 284 g/mol. The van der Waals surface area contributed by atoms with Crippen LogP contribution in [-0.2, 0) is 9.53 Å². The third kappa shape index (κ3) is 7.15. The number of rotatable bonds is 9. The SMILES string of the molecule is CCCOCCCNCC(=O)Nc1ccccc1Cl. The highest BCUT2D eigenvalue weighted by Gasteiger charge is 2.04. The van der Waals surface area contributed by atoms with Gasteiger partial charge in [0.1, 0.15) is 0 Å². The number of carbonyl (C=O) groups is 1. The van der Waals surface area contributed by atoms with Crippen molar-refractivity contribution in [2.24, 2.45) is 0 Å². The summed E-state index contributed by atoms with van der Waals surface area (Å²) in [6.07, 6.45) is 1.94. The fourth-order valence-electron chi connectivity index (χ4n) is 1.50. The number of hydrogen-bond donors (Lipinski definition) is 2. The van der Waals surface area contributed by atoms with E-state index in [1.165, 1.54) is 0 Å². The van der Waals surface area contributed by atoms with Crippen molar-refractivity contribution in [3.8, 4) is 0 Å². The minimum absolute atomic E-state index is 0.0948. The number of nitrogens with one attached hydrogen (secondary N) is 2. The quantitative estimate of drug-likeness (QED) is 0.686. The third-order valence-corrected chi connectivity index (χ3v) is 2.75. The zero-order chi connectivity index (χ0) is 13.9. The molecule has 2 N–H and O–H groups in total. The molecule has 5 heteroatoms. The van der Waals surface area contributed by atoms with Gasteiger partial charge in [-0.1, -0.05) is 30.7 Å². The summed E-state index contributed by atoms with van der Waals surface area (Å²) < 4.78 is 5.34. The molecule has 1 aromatic rings. The Morgan fingerprint density at radius 3 is 2.84 bits per heavy atom. The molecule has 106 valence electrons. The maximum absolute atomic E-state index is 11.6. The van der Waals surface area contributed by atoms with Crippen molar-refractivity contribution in [3.63, 3.8) is 0 Å². The van der Waals surface area contributed by atoms with E-state index in [0.717, 1.165) is 32.6 Å². The summed E-state index contributed by atoms with van der Waals surface area (Å²) in [7, 11) is 0. The molecular formula is C14H21ClN2O2. The van der Waals surface area contributed by atoms with Crippen LogP contribution in [0.5, 0.6) is 0 Å². The largest absolute Gasteiger partial charge is 0.381 e. The predicted octanol–water partition coefficient (Wildman–Crippen LogP) is 2.68. The Labute approximate surface area is 119 Å². The van der Waals surface area contributed by atoms with E-state index in [9.17, 15) is 4.79 Å². The maximum Gasteiger partial charge on any atom is 0.238 e. The topological polar surface area (TPSA) is 50.4 Å². The Hall–Kier alpha value is -1.10. The lowest BCUT2D eigenvalue weighted by Crippen LogP contribution is -2.29. The molecule has 0 bridgehead atoms. The number of amides is 1. The van der Waals surface area contributed by atoms with Gasteiger partial charge in [-0.2, -0.15) is 0 Å². The molecule has 19 heavy (non-hydrogen) atoms. The van der Waals surface area contributed by atoms with E-state index in [-0.39, 0.29) is 12.5 Å². The predicted molar refractivity (Wildman–Crippen MR) is 78.7 cm³/mol. The van der Waals surface area contributed by atoms with Gasteiger partial charge in [0.2, 0.25) is 5.91 Å². The number of halogens is 1. The maximum atomic E-state index is 11.6. The highest BCUT2D eigenvalue weighted by molar-refractivity contribution is 6.33. The summed E-state index contributed by atoms with van der Waals surface area (Å²) in [5, 5.41) is 6.37. The van der Waals surface area contributed by atoms with Gasteiger partial charge in [-0.15, -0.1) is 0 Å². The van der Waals surface area contributed by atoms with E-state index < -0.39 is 0 Å². The Balaban J connectivity index is 2.10. The second-order valence-corrected chi connectivity index (χ2v) is 4.58. The highest BCUT2D eigenvalue weighted by atomic mass is 35.5. The highest BCUT2D eigenvalue weighted by Crippen LogP contribution is 2.19. The molecule has 1 aromatic carbocycles. The van der Waals surface area contributed by atoms with E-state index in [1.807, 2.05) is 12.1 Å². The van der Waals surface area contributed by atoms with Crippen molar-refractivity contribution in [1.82, 2.24) is 5.32 Å². The minimum Gasteiger partial charge on any atom is -0.381 e. The van der Waals surface area contributed by atoms with Crippen LogP contribution in [-0.4, -0.2) is 32.2 Å². The van der Waals surface area contributed by atoms with Gasteiger partial charge in [-0.25, -0.2) is 0 Å². The smallest absolute Gasteiger partial charge is 0.238 e. The number of carbonyl (C=O) groups excluding carboxylic acids is 1. The molecule has 1 rings (SSSR count). The van der Waals surface area contributed by atoms with Crippen LogP contribution in [0.3, 0.4) is 0 Å². The van der Waals surface area contributed by atoms with E-state index in [4.69, 9.17) is 16.3 Å². The summed E-state index contributed by atoms with van der Waals surface area (Å²) in [6.45, 7) is 4.65. The van der Waals surface area contributed by atoms with Gasteiger partial charge in [0.25, 0.3) is 0 Å². The molecular weight excluding hydrogens is 264 g/mol. The number of anilines is 1. The Morgan fingerprint density at radius 1 is 1.32 bits per heavy atom. The lowest BCUT2D eigenvalue weighted by Gasteiger charge is -2.08. The van der Waals surface area contributed by atoms with Gasteiger partial charge >= 0.3 is 0 Å². The molecule has 0 fully saturated rings. The van der Waals surface area contributed by atoms with Crippen molar-refractivity contribution in [3.05, 3.63) is 29.3 Å². The average Bonchev–Trinajstić information content (AvgIpc) is 2.40. The first-order chi connectivity index (χ1) is 9.24. The molecule has 4 nitrogen and oxygen atoms in total. The second kappa shape index (κ2) is 9.78. The van der Waals surface area contributed by atoms with Crippen LogP contribution in [0, 0.1) is 0 Å². The van der Waals surface area contributed by atoms with E-state index in [2.05, 4.69) is 17.6 Å². The van der Waals surface area contributed by atoms with E-state index >= 15 is 0 Å². The lowest BCUT2D eigenvalue weighted by atomic mass is 10.3. The average molecular weight is 285 g/mol. The number of para-hydroxylation sites is 1. The van der Waals surface area contributed by atoms with Crippen LogP contribution < -0.4 is 10.6 Å². The van der Waals surface area contributed by atoms with Gasteiger partial charge in [0, 0.05) is 13.2 Å². The van der Waals surface area contributed by atoms with Crippen LogP contribution in [0.4, 0.5) is 5.69 Å². The summed E-state index contributed by atoms with van der Waals surface area (Å²) in [6, 6.07) is 7.18. The molecule has 0 aromatic heterocycles. The van der Waals surface area contributed by atoms with Crippen molar-refractivity contribution < 1.29 is 9.53 Å². The third-order valence-electron chi connectivity index (χ3n) is 2.42. The molecule has 0 spiro atoms. The van der Waals surface area contributed by atoms with Crippen LogP contribution in [0.25, 0.3) is 0 Å². The molecule has 0 aliphatic carbocycles. The normalized spacial score (nSPS) is 10.4. The standard InChI is InChI=1S/C14H21ClN2O2/c1-2-9-19-10-5-8-16-11-14(18)17-13-7-4-3-6-12(13)15/h3-4,6-7,16H,2,5,8-11H2,1H3,(H,17,18). The second-order valence-electron chi connectivity index (χ2n) is 4.17. The van der Waals surface area contributed by atoms with Gasteiger partial charge in [0.05, 0.1) is 17.3 Å². The van der Waals surface area contributed by atoms with Gasteiger partial charge in [-0.3, -0.25) is 4.79 Å². The van der Waals surface area contributed by atoms with Gasteiger partial charge in [-0.05, 0) is 31.5 Å². The van der Waals surface area contributed by atoms with Crippen molar-refractivity contribution in [1.29, 1.82) is 0 Å². The molecule has 0 radical (unpaired) electrons. The summed E-state index contributed by atoms with van der Waals surface area (Å²) >= 11 is 5.95. The van der Waals surface area contributed by atoms with Crippen LogP contribution in [0.1, 0.15) is 19.8 Å². The Bertz CT molecular complexity index is 385. The van der Waals surface area contributed by atoms with E-state index in [1.54, 1.807) is 12.1 Å². The van der Waals surface area contributed by atoms with Gasteiger partial charge < -0.3 is 15.4 Å². The summed E-state index contributed by atoms with van der Waals surface area (Å²) in [5.41, 5.74) is 0.641. The Kier molecular flexibility index (Phi) is 8.21.